The van der Waals surface area contributed by atoms with E-state index >= 15 is 0 Å². The number of aromatic nitrogens is 1. The first-order valence-electron chi connectivity index (χ1n) is 7.82. The van der Waals surface area contributed by atoms with Crippen molar-refractivity contribution < 1.29 is 9.53 Å². The average molecular weight is 330 g/mol. The van der Waals surface area contributed by atoms with E-state index in [2.05, 4.69) is 34.6 Å². The minimum absolute atomic E-state index is 0.219. The number of ether oxygens (including phenoxy) is 1. The van der Waals surface area contributed by atoms with Gasteiger partial charge < -0.3 is 9.64 Å². The monoisotopic (exact) mass is 330 g/mol. The van der Waals surface area contributed by atoms with Crippen molar-refractivity contribution >= 4 is 17.4 Å². The summed E-state index contributed by atoms with van der Waals surface area (Å²) in [6.45, 7) is 9.13. The molecule has 0 radical (unpaired) electrons. The van der Waals surface area contributed by atoms with Crippen molar-refractivity contribution in [3.05, 3.63) is 40.9 Å². The van der Waals surface area contributed by atoms with Gasteiger partial charge in [0.1, 0.15) is 10.6 Å². The standard InChI is InChI=1S/C18H22N2O2S/c1-12-11-23-16(19-12)14-7-5-13(6-8-14)15-9-20(10-15)17(21)22-18(2,3)4/h5-8,11,15H,9-10H2,1-4H3. The van der Waals surface area contributed by atoms with Crippen molar-refractivity contribution in [1.29, 1.82) is 0 Å². The van der Waals surface area contributed by atoms with Crippen LogP contribution in [0.5, 0.6) is 0 Å². The highest BCUT2D eigenvalue weighted by Gasteiger charge is 2.34. The molecular formula is C18H22N2O2S. The molecule has 0 spiro atoms. The second-order valence-corrected chi connectivity index (χ2v) is 7.86. The van der Waals surface area contributed by atoms with Crippen LogP contribution in [0.4, 0.5) is 4.79 Å². The second-order valence-electron chi connectivity index (χ2n) is 7.00. The van der Waals surface area contributed by atoms with Crippen molar-refractivity contribution in [2.45, 2.75) is 39.2 Å². The number of thiazole rings is 1. The fourth-order valence-electron chi connectivity index (χ4n) is 2.55. The van der Waals surface area contributed by atoms with Gasteiger partial charge in [0, 0.05) is 35.6 Å². The summed E-state index contributed by atoms with van der Waals surface area (Å²) in [4.78, 5) is 18.2. The molecule has 1 aromatic carbocycles. The molecule has 0 N–H and O–H groups in total. The largest absolute Gasteiger partial charge is 0.444 e. The lowest BCUT2D eigenvalue weighted by Crippen LogP contribution is -2.50. The number of rotatable bonds is 2. The van der Waals surface area contributed by atoms with Crippen molar-refractivity contribution in [2.24, 2.45) is 0 Å². The van der Waals surface area contributed by atoms with Crippen molar-refractivity contribution in [1.82, 2.24) is 9.88 Å². The molecule has 1 saturated heterocycles. The average Bonchev–Trinajstić information content (AvgIpc) is 2.82. The molecular weight excluding hydrogens is 308 g/mol. The molecule has 0 unspecified atom stereocenters. The fraction of sp³-hybridized carbons (Fsp3) is 0.444. The third-order valence-electron chi connectivity index (χ3n) is 3.78. The minimum atomic E-state index is -0.435. The molecule has 23 heavy (non-hydrogen) atoms. The molecule has 0 aliphatic carbocycles. The van der Waals surface area contributed by atoms with Gasteiger partial charge in [0.2, 0.25) is 0 Å². The zero-order valence-electron chi connectivity index (χ0n) is 14.0. The molecule has 2 heterocycles. The zero-order chi connectivity index (χ0) is 16.6. The smallest absolute Gasteiger partial charge is 0.410 e. The molecule has 1 aliphatic rings. The molecule has 4 nitrogen and oxygen atoms in total. The maximum Gasteiger partial charge on any atom is 0.410 e. The third-order valence-corrected chi connectivity index (χ3v) is 4.79. The lowest BCUT2D eigenvalue weighted by Gasteiger charge is -2.40. The SMILES string of the molecule is Cc1csc(-c2ccc(C3CN(C(=O)OC(C)(C)C)C3)cc2)n1. The zero-order valence-corrected chi connectivity index (χ0v) is 14.8. The first-order valence-corrected chi connectivity index (χ1v) is 8.70. The summed E-state index contributed by atoms with van der Waals surface area (Å²) in [5, 5.41) is 3.12. The molecule has 1 fully saturated rings. The van der Waals surface area contributed by atoms with Gasteiger partial charge in [-0.2, -0.15) is 0 Å². The molecule has 0 atom stereocenters. The summed E-state index contributed by atoms with van der Waals surface area (Å²) in [7, 11) is 0. The van der Waals surface area contributed by atoms with E-state index in [1.165, 1.54) is 5.56 Å². The number of aryl methyl sites for hydroxylation is 1. The number of carbonyl (C=O) groups excluding carboxylic acids is 1. The van der Waals surface area contributed by atoms with E-state index in [1.54, 1.807) is 16.2 Å². The van der Waals surface area contributed by atoms with Gasteiger partial charge in [-0.3, -0.25) is 0 Å². The predicted octanol–water partition coefficient (Wildman–Crippen LogP) is 4.45. The van der Waals surface area contributed by atoms with Gasteiger partial charge >= 0.3 is 6.09 Å². The minimum Gasteiger partial charge on any atom is -0.444 e. The van der Waals surface area contributed by atoms with E-state index in [4.69, 9.17) is 4.74 Å². The quantitative estimate of drug-likeness (QED) is 0.817. The number of hydrogen-bond acceptors (Lipinski definition) is 4. The molecule has 5 heteroatoms. The summed E-state index contributed by atoms with van der Waals surface area (Å²) in [5.41, 5.74) is 3.04. The van der Waals surface area contributed by atoms with Gasteiger partial charge in [-0.25, -0.2) is 9.78 Å². The highest BCUT2D eigenvalue weighted by molar-refractivity contribution is 7.13. The van der Waals surface area contributed by atoms with Gasteiger partial charge in [-0.15, -0.1) is 11.3 Å². The molecule has 2 aromatic rings. The van der Waals surface area contributed by atoms with Gasteiger partial charge in [0.15, 0.2) is 0 Å². The molecule has 3 rings (SSSR count). The second kappa shape index (κ2) is 5.96. The van der Waals surface area contributed by atoms with Crippen LogP contribution in [-0.4, -0.2) is 34.7 Å². The number of benzene rings is 1. The first-order chi connectivity index (χ1) is 10.8. The van der Waals surface area contributed by atoms with E-state index in [9.17, 15) is 4.79 Å². The van der Waals surface area contributed by atoms with E-state index in [-0.39, 0.29) is 6.09 Å². The summed E-state index contributed by atoms with van der Waals surface area (Å²) in [6.07, 6.45) is -0.219. The van der Waals surface area contributed by atoms with Gasteiger partial charge in [0.05, 0.1) is 0 Å². The number of carbonyl (C=O) groups is 1. The summed E-state index contributed by atoms with van der Waals surface area (Å²) in [6, 6.07) is 8.51. The van der Waals surface area contributed by atoms with Crippen LogP contribution in [0.3, 0.4) is 0 Å². The molecule has 1 aromatic heterocycles. The van der Waals surface area contributed by atoms with Crippen LogP contribution in [0.1, 0.15) is 37.9 Å². The number of amides is 1. The van der Waals surface area contributed by atoms with E-state index in [0.29, 0.717) is 5.92 Å². The van der Waals surface area contributed by atoms with E-state index < -0.39 is 5.60 Å². The maximum atomic E-state index is 12.0. The maximum absolute atomic E-state index is 12.0. The van der Waals surface area contributed by atoms with Crippen LogP contribution in [0.2, 0.25) is 0 Å². The van der Waals surface area contributed by atoms with Gasteiger partial charge in [0.25, 0.3) is 0 Å². The highest BCUT2D eigenvalue weighted by atomic mass is 32.1. The fourth-order valence-corrected chi connectivity index (χ4v) is 3.35. The molecule has 1 aliphatic heterocycles. The molecule has 122 valence electrons. The number of hydrogen-bond donors (Lipinski definition) is 0. The number of nitrogens with zero attached hydrogens (tertiary/aromatic N) is 2. The topological polar surface area (TPSA) is 42.4 Å². The Morgan fingerprint density at radius 2 is 1.91 bits per heavy atom. The van der Waals surface area contributed by atoms with Crippen molar-refractivity contribution in [2.75, 3.05) is 13.1 Å². The molecule has 0 saturated carbocycles. The predicted molar refractivity (Wildman–Crippen MR) is 92.8 cm³/mol. The van der Waals surface area contributed by atoms with Crippen LogP contribution < -0.4 is 0 Å². The lowest BCUT2D eigenvalue weighted by molar-refractivity contribution is 0.00820. The van der Waals surface area contributed by atoms with Crippen LogP contribution >= 0.6 is 11.3 Å². The normalized spacial score (nSPS) is 15.4. The lowest BCUT2D eigenvalue weighted by atomic mass is 9.91. The van der Waals surface area contributed by atoms with Gasteiger partial charge in [-0.1, -0.05) is 24.3 Å². The van der Waals surface area contributed by atoms with Crippen LogP contribution in [0.15, 0.2) is 29.6 Å². The Hall–Kier alpha value is -1.88. The Morgan fingerprint density at radius 3 is 2.43 bits per heavy atom. The third kappa shape index (κ3) is 3.72. The highest BCUT2D eigenvalue weighted by Crippen LogP contribution is 2.31. The Labute approximate surface area is 141 Å². The van der Waals surface area contributed by atoms with Crippen molar-refractivity contribution in [3.63, 3.8) is 0 Å². The first kappa shape index (κ1) is 16.0. The molecule has 0 bridgehead atoms. The van der Waals surface area contributed by atoms with E-state index in [0.717, 1.165) is 29.4 Å². The Morgan fingerprint density at radius 1 is 1.26 bits per heavy atom. The van der Waals surface area contributed by atoms with Crippen LogP contribution in [0, 0.1) is 6.92 Å². The summed E-state index contributed by atoms with van der Waals surface area (Å²) >= 11 is 1.67. The Kier molecular flexibility index (Phi) is 4.15. The Balaban J connectivity index is 1.59. The summed E-state index contributed by atoms with van der Waals surface area (Å²) in [5.74, 6) is 0.398. The van der Waals surface area contributed by atoms with Crippen LogP contribution in [-0.2, 0) is 4.74 Å². The van der Waals surface area contributed by atoms with Gasteiger partial charge in [-0.05, 0) is 33.3 Å². The molecule has 1 amide bonds. The van der Waals surface area contributed by atoms with Crippen molar-refractivity contribution in [3.8, 4) is 10.6 Å². The number of likely N-dealkylation sites (tertiary alicyclic amines) is 1. The van der Waals surface area contributed by atoms with E-state index in [1.807, 2.05) is 27.7 Å². The van der Waals surface area contributed by atoms with Crippen LogP contribution in [0.25, 0.3) is 10.6 Å². The summed E-state index contributed by atoms with van der Waals surface area (Å²) < 4.78 is 5.39. The Bertz CT molecular complexity index is 695.